The van der Waals surface area contributed by atoms with E-state index in [2.05, 4.69) is 10.6 Å². The summed E-state index contributed by atoms with van der Waals surface area (Å²) in [6, 6.07) is 36.5. The van der Waals surface area contributed by atoms with Crippen LogP contribution in [0.3, 0.4) is 0 Å². The molecule has 1 aliphatic heterocycles. The summed E-state index contributed by atoms with van der Waals surface area (Å²) < 4.78 is 56.1. The Labute approximate surface area is 421 Å². The maximum Gasteiger partial charge on any atom is 0.417 e. The van der Waals surface area contributed by atoms with Crippen LogP contribution in [0, 0.1) is 0 Å². The zero-order valence-electron chi connectivity index (χ0n) is 37.1. The summed E-state index contributed by atoms with van der Waals surface area (Å²) in [5, 5.41) is 15.8. The molecular formula is C53H34F3N3O9S4. The Hall–Kier alpha value is -7.71. The topological polar surface area (TPSA) is 199 Å². The molecule has 7 aromatic rings. The molecule has 72 heavy (non-hydrogen) atoms. The predicted octanol–water partition coefficient (Wildman–Crippen LogP) is 12.5. The Morgan fingerprint density at radius 2 is 1.28 bits per heavy atom. The molecule has 2 aliphatic rings. The average molecular weight is 1040 g/mol. The number of primary amides is 1. The normalized spacial score (nSPS) is 11.9. The molecule has 9 rings (SSSR count). The minimum Gasteiger partial charge on any atom is -0.508 e. The molecule has 12 nitrogen and oxygen atoms in total. The molecule has 0 fully saturated rings. The Kier molecular flexibility index (Phi) is 14.1. The summed E-state index contributed by atoms with van der Waals surface area (Å²) in [7, 11) is 4.60. The van der Waals surface area contributed by atoms with E-state index in [9.17, 15) is 33.9 Å². The number of fused-ring (bicyclic) bond motifs is 3. The molecule has 19 heteroatoms. The van der Waals surface area contributed by atoms with Gasteiger partial charge < -0.3 is 30.3 Å². The van der Waals surface area contributed by atoms with Crippen LogP contribution in [-0.2, 0) is 11.0 Å². The van der Waals surface area contributed by atoms with Crippen LogP contribution >= 0.6 is 43.2 Å². The first kappa shape index (κ1) is 49.3. The van der Waals surface area contributed by atoms with Gasteiger partial charge in [-0.15, -0.1) is 0 Å². The lowest BCUT2D eigenvalue weighted by molar-refractivity contribution is -0.137. The molecule has 360 valence electrons. The third kappa shape index (κ3) is 10.6. The van der Waals surface area contributed by atoms with Crippen molar-refractivity contribution < 1.29 is 46.3 Å². The Morgan fingerprint density at radius 3 is 2.01 bits per heavy atom. The van der Waals surface area contributed by atoms with Crippen molar-refractivity contribution in [1.29, 1.82) is 0 Å². The van der Waals surface area contributed by atoms with Gasteiger partial charge in [0, 0.05) is 77.3 Å². The molecule has 1 unspecified atom stereocenters. The molecule has 1 aromatic heterocycles. The number of amides is 3. The maximum atomic E-state index is 15.0. The van der Waals surface area contributed by atoms with E-state index in [-0.39, 0.29) is 67.1 Å². The summed E-state index contributed by atoms with van der Waals surface area (Å²) >= 11 is 0. The number of alkyl halides is 3. The number of halogens is 3. The van der Waals surface area contributed by atoms with Gasteiger partial charge in [0.25, 0.3) is 11.8 Å². The van der Waals surface area contributed by atoms with Gasteiger partial charge in [0.15, 0.2) is 11.2 Å². The fourth-order valence-electron chi connectivity index (χ4n) is 7.56. The van der Waals surface area contributed by atoms with E-state index in [1.807, 2.05) is 0 Å². The number of phenols is 1. The van der Waals surface area contributed by atoms with Gasteiger partial charge in [0.1, 0.15) is 22.7 Å². The Bertz CT molecular complexity index is 3750. The molecule has 0 saturated heterocycles. The minimum atomic E-state index is -4.91. The fraction of sp³-hybridized carbons (Fsp3) is 0.0566. The monoisotopic (exact) mass is 1040 g/mol. The molecule has 0 spiro atoms. The number of benzene rings is 7. The minimum absolute atomic E-state index is 0.0181. The second-order valence-corrected chi connectivity index (χ2v) is 20.7. The zero-order valence-corrected chi connectivity index (χ0v) is 40.3. The third-order valence-corrected chi connectivity index (χ3v) is 16.4. The van der Waals surface area contributed by atoms with E-state index >= 15 is 13.2 Å². The lowest BCUT2D eigenvalue weighted by Crippen LogP contribution is -2.21. The number of rotatable bonds is 14. The molecule has 6 aromatic carbocycles. The van der Waals surface area contributed by atoms with Crippen molar-refractivity contribution in [2.75, 3.05) is 10.6 Å². The molecule has 1 aliphatic carbocycles. The highest BCUT2D eigenvalue weighted by Crippen LogP contribution is 2.47. The van der Waals surface area contributed by atoms with Crippen LogP contribution < -0.4 is 27.4 Å². The van der Waals surface area contributed by atoms with Crippen molar-refractivity contribution in [3.8, 4) is 28.2 Å². The van der Waals surface area contributed by atoms with Crippen molar-refractivity contribution >= 4 is 100.0 Å². The van der Waals surface area contributed by atoms with Crippen LogP contribution in [0.5, 0.6) is 5.75 Å². The number of phenolic OH excluding ortho intramolecular Hbond substituents is 1. The Balaban J connectivity index is 0.968. The predicted molar refractivity (Wildman–Crippen MR) is 276 cm³/mol. The van der Waals surface area contributed by atoms with E-state index in [0.29, 0.717) is 31.3 Å². The van der Waals surface area contributed by atoms with Crippen LogP contribution in [0.2, 0.25) is 0 Å². The summed E-state index contributed by atoms with van der Waals surface area (Å²) in [6.07, 6.45) is -4.91. The van der Waals surface area contributed by atoms with Gasteiger partial charge in [-0.3, -0.25) is 24.0 Å². The van der Waals surface area contributed by atoms with Gasteiger partial charge >= 0.3 is 11.8 Å². The highest BCUT2D eigenvalue weighted by atomic mass is 33.1. The molecule has 5 N–H and O–H groups in total. The third-order valence-electron chi connectivity index (χ3n) is 11.1. The van der Waals surface area contributed by atoms with Gasteiger partial charge in [0.05, 0.1) is 21.9 Å². The smallest absolute Gasteiger partial charge is 0.417 e. The van der Waals surface area contributed by atoms with Crippen molar-refractivity contribution in [1.82, 2.24) is 0 Å². The summed E-state index contributed by atoms with van der Waals surface area (Å²) in [4.78, 5) is 79.4. The number of carbonyl (C=O) groups excluding carboxylic acids is 4. The number of nitrogens with one attached hydrogen (secondary N) is 2. The van der Waals surface area contributed by atoms with E-state index in [0.717, 1.165) is 44.5 Å². The summed E-state index contributed by atoms with van der Waals surface area (Å²) in [5.74, 6) is -2.43. The summed E-state index contributed by atoms with van der Waals surface area (Å²) in [6.45, 7) is 1.63. The first-order valence-corrected chi connectivity index (χ1v) is 25.8. The largest absolute Gasteiger partial charge is 0.508 e. The number of anilines is 2. The van der Waals surface area contributed by atoms with Gasteiger partial charge in [-0.2, -0.15) is 13.2 Å². The molecule has 2 heterocycles. The van der Waals surface area contributed by atoms with Gasteiger partial charge in [-0.05, 0) is 116 Å². The van der Waals surface area contributed by atoms with E-state index in [1.165, 1.54) is 71.5 Å². The number of nitrogens with two attached hydrogens (primary N) is 1. The van der Waals surface area contributed by atoms with Crippen LogP contribution in [0.1, 0.15) is 49.1 Å². The number of aromatic hydroxyl groups is 1. The van der Waals surface area contributed by atoms with Gasteiger partial charge in [0.2, 0.25) is 5.91 Å². The molecular weight excluding hydrogens is 1010 g/mol. The first-order chi connectivity index (χ1) is 34.5. The Morgan fingerprint density at radius 1 is 0.625 bits per heavy atom. The lowest BCUT2D eigenvalue weighted by Gasteiger charge is -2.20. The zero-order chi connectivity index (χ0) is 50.8. The molecule has 1 atom stereocenters. The van der Waals surface area contributed by atoms with Crippen LogP contribution in [0.25, 0.3) is 44.4 Å². The molecule has 0 radical (unpaired) electrons. The second kappa shape index (κ2) is 20.6. The average Bonchev–Trinajstić information content (AvgIpc) is 3.36. The van der Waals surface area contributed by atoms with Crippen LogP contribution in [0.15, 0.2) is 185 Å². The quantitative estimate of drug-likeness (QED) is 0.0347. The second-order valence-electron chi connectivity index (χ2n) is 15.9. The fourth-order valence-corrected chi connectivity index (χ4v) is 12.1. The van der Waals surface area contributed by atoms with Crippen molar-refractivity contribution in [2.24, 2.45) is 5.73 Å². The SMILES string of the molecule is CC(SSc1ccc(C(=O)c2ccccc2SSc2ccccc2C(=O)Nc2ccc(-c3c4ccc(=O)cc-4oc4cc(O)ccc34)c(C(F)(F)F)c2)cc1C(=O)Nc1ccc2oc(=O)ccc2c1)C(N)=O. The van der Waals surface area contributed by atoms with E-state index in [1.54, 1.807) is 85.8 Å². The number of carbonyl (C=O) groups is 4. The van der Waals surface area contributed by atoms with E-state index < -0.39 is 51.5 Å². The highest BCUT2D eigenvalue weighted by molar-refractivity contribution is 8.77. The van der Waals surface area contributed by atoms with Crippen LogP contribution in [-0.4, -0.2) is 33.9 Å². The standard InChI is InChI=1S/C53H34F3N3O9S4/c1-27(50(57)64)69-70-46-20-10-29(23-39(46)52(66)58-30-13-19-41-28(22-30)11-21-47(62)68-41)49(63)37-6-2-4-8-44(37)71-72-45-9-5-3-7-38(45)51(65)59-31-12-16-34(40(24-31)53(54,55)56)48-35-17-14-32(60)25-42(35)67-43-26-33(61)15-18-36(43)48/h2-27,60H,1H3,(H2,57,64)(H,58,66)(H,59,65). The number of ketones is 1. The van der Waals surface area contributed by atoms with Crippen molar-refractivity contribution in [3.05, 3.63) is 200 Å². The van der Waals surface area contributed by atoms with Crippen LogP contribution in [0.4, 0.5) is 24.5 Å². The molecule has 0 saturated carbocycles. The highest BCUT2D eigenvalue weighted by Gasteiger charge is 2.36. The molecule has 0 bridgehead atoms. The first-order valence-electron chi connectivity index (χ1n) is 21.4. The lowest BCUT2D eigenvalue weighted by atomic mass is 9.90. The summed E-state index contributed by atoms with van der Waals surface area (Å²) in [5.41, 5.74) is 4.85. The number of hydrogen-bond acceptors (Lipinski definition) is 13. The van der Waals surface area contributed by atoms with Gasteiger partial charge in [-0.25, -0.2) is 4.79 Å². The van der Waals surface area contributed by atoms with Crippen molar-refractivity contribution in [3.63, 3.8) is 0 Å². The number of hydrogen-bond donors (Lipinski definition) is 4. The van der Waals surface area contributed by atoms with Gasteiger partial charge in [-0.1, -0.05) is 73.5 Å². The van der Waals surface area contributed by atoms with Crippen molar-refractivity contribution in [2.45, 2.75) is 33.0 Å². The maximum absolute atomic E-state index is 15.0. The molecule has 3 amide bonds. The van der Waals surface area contributed by atoms with E-state index in [4.69, 9.17) is 14.6 Å².